The third-order valence-electron chi connectivity index (χ3n) is 2.12. The summed E-state index contributed by atoms with van der Waals surface area (Å²) in [6.07, 6.45) is 1.99. The molecule has 0 bridgehead atoms. The summed E-state index contributed by atoms with van der Waals surface area (Å²) in [4.78, 5) is 6.47. The first-order chi connectivity index (χ1) is 7.49. The maximum atomic E-state index is 11.8. The molecule has 7 heteroatoms. The molecule has 0 aliphatic heterocycles. The van der Waals surface area contributed by atoms with E-state index in [1.54, 1.807) is 6.92 Å². The Morgan fingerprint density at radius 1 is 1.69 bits per heavy atom. The third-order valence-corrected chi connectivity index (χ3v) is 3.55. The Bertz CT molecular complexity index is 486. The van der Waals surface area contributed by atoms with Gasteiger partial charge in [0.05, 0.1) is 18.7 Å². The van der Waals surface area contributed by atoms with Gasteiger partial charge in [-0.3, -0.25) is 0 Å². The van der Waals surface area contributed by atoms with Gasteiger partial charge < -0.3 is 4.98 Å². The fourth-order valence-electron chi connectivity index (χ4n) is 1.20. The lowest BCUT2D eigenvalue weighted by molar-refractivity contribution is 0.540. The summed E-state index contributed by atoms with van der Waals surface area (Å²) in [6, 6.07) is 1.58. The zero-order valence-corrected chi connectivity index (χ0v) is 10.0. The van der Waals surface area contributed by atoms with Crippen molar-refractivity contribution in [2.45, 2.75) is 37.8 Å². The van der Waals surface area contributed by atoms with E-state index < -0.39 is 10.0 Å². The molecule has 88 valence electrons. The number of H-pyrrole nitrogens is 1. The number of aryl methyl sites for hydroxylation is 1. The van der Waals surface area contributed by atoms with Crippen LogP contribution in [0.2, 0.25) is 0 Å². The van der Waals surface area contributed by atoms with Crippen LogP contribution in [-0.4, -0.2) is 24.4 Å². The van der Waals surface area contributed by atoms with E-state index in [0.29, 0.717) is 12.2 Å². The highest BCUT2D eigenvalue weighted by Crippen LogP contribution is 2.08. The van der Waals surface area contributed by atoms with Crippen LogP contribution < -0.4 is 4.72 Å². The van der Waals surface area contributed by atoms with Crippen molar-refractivity contribution in [3.8, 4) is 6.07 Å². The zero-order valence-electron chi connectivity index (χ0n) is 9.19. The van der Waals surface area contributed by atoms with Crippen LogP contribution in [-0.2, 0) is 10.0 Å². The largest absolute Gasteiger partial charge is 0.332 e. The molecule has 1 aromatic heterocycles. The summed E-state index contributed by atoms with van der Waals surface area (Å²) in [5, 5.41) is 8.56. The molecule has 1 rings (SSSR count). The van der Waals surface area contributed by atoms with E-state index in [-0.39, 0.29) is 17.5 Å². The van der Waals surface area contributed by atoms with Crippen molar-refractivity contribution in [1.82, 2.24) is 14.7 Å². The summed E-state index contributed by atoms with van der Waals surface area (Å²) < 4.78 is 26.0. The van der Waals surface area contributed by atoms with Gasteiger partial charge in [-0.1, -0.05) is 6.92 Å². The predicted molar refractivity (Wildman–Crippen MR) is 58.0 cm³/mol. The average molecular weight is 242 g/mol. The number of rotatable bonds is 5. The van der Waals surface area contributed by atoms with E-state index in [0.717, 1.165) is 0 Å². The Kier molecular flexibility index (Phi) is 4.04. The van der Waals surface area contributed by atoms with E-state index in [2.05, 4.69) is 14.7 Å². The minimum atomic E-state index is -3.59. The highest BCUT2D eigenvalue weighted by molar-refractivity contribution is 7.89. The zero-order chi connectivity index (χ0) is 12.2. The first-order valence-electron chi connectivity index (χ1n) is 4.90. The van der Waals surface area contributed by atoms with Gasteiger partial charge in [0.25, 0.3) is 10.0 Å². The summed E-state index contributed by atoms with van der Waals surface area (Å²) in [6.45, 7) is 3.49. The second-order valence-electron chi connectivity index (χ2n) is 3.42. The molecule has 0 aliphatic carbocycles. The Morgan fingerprint density at radius 2 is 2.38 bits per heavy atom. The van der Waals surface area contributed by atoms with E-state index in [4.69, 9.17) is 5.26 Å². The number of nitrogens with zero attached hydrogens (tertiary/aromatic N) is 2. The number of nitriles is 1. The molecule has 0 aromatic carbocycles. The Labute approximate surface area is 94.8 Å². The van der Waals surface area contributed by atoms with Crippen LogP contribution in [0.3, 0.4) is 0 Å². The van der Waals surface area contributed by atoms with Crippen molar-refractivity contribution in [2.24, 2.45) is 0 Å². The molecule has 0 radical (unpaired) electrons. The molecule has 1 unspecified atom stereocenters. The standard InChI is InChI=1S/C9H14N4O2S/c1-3-8(4-5-10)13-16(14,15)9-6-11-7(2)12-9/h6,8,13H,3-4H2,1-2H3,(H,11,12). The molecule has 2 N–H and O–H groups in total. The van der Waals surface area contributed by atoms with Gasteiger partial charge in [-0.05, 0) is 13.3 Å². The minimum absolute atomic E-state index is 0.0291. The van der Waals surface area contributed by atoms with Gasteiger partial charge >= 0.3 is 0 Å². The Morgan fingerprint density at radius 3 is 2.81 bits per heavy atom. The topological polar surface area (TPSA) is 98.6 Å². The second-order valence-corrected chi connectivity index (χ2v) is 5.10. The molecular formula is C9H14N4O2S. The molecule has 0 spiro atoms. The molecule has 16 heavy (non-hydrogen) atoms. The molecule has 6 nitrogen and oxygen atoms in total. The van der Waals surface area contributed by atoms with E-state index in [9.17, 15) is 8.42 Å². The number of aromatic nitrogens is 2. The molecule has 0 saturated heterocycles. The molecular weight excluding hydrogens is 228 g/mol. The van der Waals surface area contributed by atoms with Crippen LogP contribution in [0.5, 0.6) is 0 Å². The quantitative estimate of drug-likeness (QED) is 0.793. The van der Waals surface area contributed by atoms with Crippen molar-refractivity contribution in [2.75, 3.05) is 0 Å². The Hall–Kier alpha value is -1.39. The van der Waals surface area contributed by atoms with Gasteiger partial charge in [-0.15, -0.1) is 0 Å². The van der Waals surface area contributed by atoms with Crippen LogP contribution in [0.4, 0.5) is 0 Å². The molecule has 1 heterocycles. The van der Waals surface area contributed by atoms with Crippen molar-refractivity contribution in [3.05, 3.63) is 12.0 Å². The van der Waals surface area contributed by atoms with Crippen molar-refractivity contribution in [1.29, 1.82) is 5.26 Å². The number of hydrogen-bond donors (Lipinski definition) is 2. The van der Waals surface area contributed by atoms with Crippen LogP contribution in [0.15, 0.2) is 11.2 Å². The fourth-order valence-corrected chi connectivity index (χ4v) is 2.49. The predicted octanol–water partition coefficient (Wildman–Crippen LogP) is 0.689. The fraction of sp³-hybridized carbons (Fsp3) is 0.556. The average Bonchev–Trinajstić information content (AvgIpc) is 2.64. The van der Waals surface area contributed by atoms with Crippen molar-refractivity contribution in [3.63, 3.8) is 0 Å². The minimum Gasteiger partial charge on any atom is -0.332 e. The molecule has 0 fully saturated rings. The summed E-state index contributed by atoms with van der Waals surface area (Å²) in [7, 11) is -3.59. The van der Waals surface area contributed by atoms with Gasteiger partial charge in [-0.2, -0.15) is 5.26 Å². The number of nitrogens with one attached hydrogen (secondary N) is 2. The third kappa shape index (κ3) is 3.05. The smallest absolute Gasteiger partial charge is 0.257 e. The summed E-state index contributed by atoms with van der Waals surface area (Å²) >= 11 is 0. The van der Waals surface area contributed by atoms with Crippen LogP contribution >= 0.6 is 0 Å². The first kappa shape index (κ1) is 12.7. The van der Waals surface area contributed by atoms with Crippen LogP contribution in [0.25, 0.3) is 0 Å². The SMILES string of the molecule is CCC(CC#N)NS(=O)(=O)c1cnc(C)[nH]1. The number of aromatic amines is 1. The Balaban J connectivity index is 2.83. The van der Waals surface area contributed by atoms with Gasteiger partial charge in [0.2, 0.25) is 0 Å². The van der Waals surface area contributed by atoms with Crippen molar-refractivity contribution >= 4 is 10.0 Å². The molecule has 1 aromatic rings. The molecule has 0 aliphatic rings. The molecule has 0 amide bonds. The van der Waals surface area contributed by atoms with E-state index in [1.165, 1.54) is 6.20 Å². The summed E-state index contributed by atoms with van der Waals surface area (Å²) in [5.41, 5.74) is 0. The van der Waals surface area contributed by atoms with Gasteiger partial charge in [0.15, 0.2) is 5.03 Å². The monoisotopic (exact) mass is 242 g/mol. The molecule has 1 atom stereocenters. The second kappa shape index (κ2) is 5.09. The number of imidazole rings is 1. The van der Waals surface area contributed by atoms with E-state index in [1.807, 2.05) is 13.0 Å². The number of hydrogen-bond acceptors (Lipinski definition) is 4. The van der Waals surface area contributed by atoms with Crippen LogP contribution in [0, 0.1) is 18.3 Å². The van der Waals surface area contributed by atoms with Crippen LogP contribution in [0.1, 0.15) is 25.6 Å². The molecule has 0 saturated carbocycles. The van der Waals surface area contributed by atoms with E-state index >= 15 is 0 Å². The van der Waals surface area contributed by atoms with Gasteiger partial charge in [0.1, 0.15) is 5.82 Å². The maximum Gasteiger partial charge on any atom is 0.257 e. The normalized spacial score (nSPS) is 13.3. The highest BCUT2D eigenvalue weighted by Gasteiger charge is 2.20. The summed E-state index contributed by atoms with van der Waals surface area (Å²) in [5.74, 6) is 0.536. The maximum absolute atomic E-state index is 11.8. The first-order valence-corrected chi connectivity index (χ1v) is 6.38. The van der Waals surface area contributed by atoms with Gasteiger partial charge in [0, 0.05) is 6.04 Å². The lowest BCUT2D eigenvalue weighted by Crippen LogP contribution is -2.34. The van der Waals surface area contributed by atoms with Crippen molar-refractivity contribution < 1.29 is 8.42 Å². The lowest BCUT2D eigenvalue weighted by Gasteiger charge is -2.12. The number of sulfonamides is 1. The lowest BCUT2D eigenvalue weighted by atomic mass is 10.2. The van der Waals surface area contributed by atoms with Gasteiger partial charge in [-0.25, -0.2) is 18.1 Å². The highest BCUT2D eigenvalue weighted by atomic mass is 32.2.